The zero-order chi connectivity index (χ0) is 21.9. The third-order valence-corrected chi connectivity index (χ3v) is 7.23. The Balaban J connectivity index is 1.75. The smallest absolute Gasteiger partial charge is 0.246 e. The summed E-state index contributed by atoms with van der Waals surface area (Å²) in [6, 6.07) is 10.5. The van der Waals surface area contributed by atoms with Gasteiger partial charge in [-0.2, -0.15) is 4.31 Å². The van der Waals surface area contributed by atoms with Crippen LogP contribution in [-0.2, 0) is 19.6 Å². The van der Waals surface area contributed by atoms with Crippen LogP contribution in [-0.4, -0.2) is 51.0 Å². The van der Waals surface area contributed by atoms with Crippen LogP contribution in [0, 0.1) is 20.8 Å². The van der Waals surface area contributed by atoms with E-state index in [0.29, 0.717) is 37.6 Å². The second-order valence-electron chi connectivity index (χ2n) is 7.67. The Morgan fingerprint density at radius 3 is 2.40 bits per heavy atom. The van der Waals surface area contributed by atoms with Crippen LogP contribution in [0.1, 0.15) is 23.6 Å². The zero-order valence-electron chi connectivity index (χ0n) is 17.9. The van der Waals surface area contributed by atoms with Gasteiger partial charge in [0, 0.05) is 24.5 Å². The molecule has 30 heavy (non-hydrogen) atoms. The Kier molecular flexibility index (Phi) is 6.80. The quantitative estimate of drug-likeness (QED) is 0.734. The summed E-state index contributed by atoms with van der Waals surface area (Å²) < 4.78 is 32.7. The van der Waals surface area contributed by atoms with Gasteiger partial charge in [-0.05, 0) is 57.0 Å². The maximum absolute atomic E-state index is 13.0. The molecule has 1 saturated heterocycles. The van der Waals surface area contributed by atoms with Gasteiger partial charge in [-0.25, -0.2) is 8.42 Å². The van der Waals surface area contributed by atoms with E-state index in [1.54, 1.807) is 26.0 Å². The first-order valence-electron chi connectivity index (χ1n) is 10.0. The lowest BCUT2D eigenvalue weighted by atomic mass is 10.1. The normalized spacial score (nSPS) is 16.1. The summed E-state index contributed by atoms with van der Waals surface area (Å²) >= 11 is 0. The van der Waals surface area contributed by atoms with Gasteiger partial charge < -0.3 is 15.4 Å². The summed E-state index contributed by atoms with van der Waals surface area (Å²) in [4.78, 5) is 12.9. The van der Waals surface area contributed by atoms with Crippen molar-refractivity contribution in [3.05, 3.63) is 53.1 Å². The molecule has 0 bridgehead atoms. The number of nitrogens with one attached hydrogen (secondary N) is 2. The van der Waals surface area contributed by atoms with E-state index in [4.69, 9.17) is 4.74 Å². The van der Waals surface area contributed by atoms with Crippen LogP contribution in [0.4, 0.5) is 11.4 Å². The van der Waals surface area contributed by atoms with Gasteiger partial charge in [-0.1, -0.05) is 23.8 Å². The molecule has 1 atom stereocenters. The summed E-state index contributed by atoms with van der Waals surface area (Å²) in [5.74, 6) is -0.242. The number of carbonyl (C=O) groups excluding carboxylic acids is 1. The first-order chi connectivity index (χ1) is 14.2. The molecule has 0 aromatic heterocycles. The second-order valence-corrected chi connectivity index (χ2v) is 9.58. The molecule has 1 fully saturated rings. The number of hydrogen-bond donors (Lipinski definition) is 2. The van der Waals surface area contributed by atoms with Crippen LogP contribution >= 0.6 is 0 Å². The van der Waals surface area contributed by atoms with Crippen molar-refractivity contribution >= 4 is 27.3 Å². The van der Waals surface area contributed by atoms with Crippen molar-refractivity contribution in [2.75, 3.05) is 36.9 Å². The molecule has 162 valence electrons. The van der Waals surface area contributed by atoms with Crippen LogP contribution in [0.15, 0.2) is 41.3 Å². The number of nitrogens with zero attached hydrogens (tertiary/aromatic N) is 1. The molecule has 3 rings (SSSR count). The highest BCUT2D eigenvalue weighted by Crippen LogP contribution is 2.25. The molecule has 0 aliphatic carbocycles. The third-order valence-electron chi connectivity index (χ3n) is 5.19. The molecular formula is C22H29N3O4S. The fourth-order valence-corrected chi connectivity index (χ4v) is 5.07. The van der Waals surface area contributed by atoms with E-state index in [9.17, 15) is 13.2 Å². The molecule has 1 amide bonds. The first-order valence-corrected chi connectivity index (χ1v) is 11.5. The Bertz CT molecular complexity index is 1030. The first kappa shape index (κ1) is 22.3. The average Bonchev–Trinajstić information content (AvgIpc) is 2.72. The summed E-state index contributed by atoms with van der Waals surface area (Å²) in [5.41, 5.74) is 4.20. The minimum atomic E-state index is -3.64. The number of morpholine rings is 1. The molecule has 8 heteroatoms. The second kappa shape index (κ2) is 9.16. The molecule has 1 aliphatic rings. The Morgan fingerprint density at radius 2 is 1.73 bits per heavy atom. The lowest BCUT2D eigenvalue weighted by molar-refractivity contribution is -0.116. The number of hydrogen-bond acceptors (Lipinski definition) is 5. The molecule has 1 aliphatic heterocycles. The average molecular weight is 432 g/mol. The van der Waals surface area contributed by atoms with Gasteiger partial charge in [0.05, 0.1) is 18.1 Å². The molecule has 1 heterocycles. The highest BCUT2D eigenvalue weighted by molar-refractivity contribution is 7.89. The molecule has 0 spiro atoms. The van der Waals surface area contributed by atoms with Gasteiger partial charge in [0.2, 0.25) is 15.9 Å². The maximum atomic E-state index is 13.0. The van der Waals surface area contributed by atoms with Gasteiger partial charge in [-0.3, -0.25) is 4.79 Å². The SMILES string of the molecule is Cc1ccc(N[C@@H](C)C(=O)Nc2ccc(C)c(S(=O)(=O)N3CCOCC3)c2)c(C)c1. The van der Waals surface area contributed by atoms with E-state index in [2.05, 4.69) is 16.7 Å². The van der Waals surface area contributed by atoms with Crippen LogP contribution in [0.25, 0.3) is 0 Å². The summed E-state index contributed by atoms with van der Waals surface area (Å²) in [7, 11) is -3.64. The van der Waals surface area contributed by atoms with E-state index < -0.39 is 16.1 Å². The van der Waals surface area contributed by atoms with E-state index in [-0.39, 0.29) is 10.8 Å². The number of benzene rings is 2. The van der Waals surface area contributed by atoms with Crippen LogP contribution in [0.2, 0.25) is 0 Å². The van der Waals surface area contributed by atoms with Crippen LogP contribution in [0.3, 0.4) is 0 Å². The van der Waals surface area contributed by atoms with Crippen molar-refractivity contribution in [1.29, 1.82) is 0 Å². The summed E-state index contributed by atoms with van der Waals surface area (Å²) in [6.07, 6.45) is 0. The van der Waals surface area contributed by atoms with Gasteiger partial charge in [-0.15, -0.1) is 0 Å². The lowest BCUT2D eigenvalue weighted by Crippen LogP contribution is -2.40. The number of aryl methyl sites for hydroxylation is 3. The topological polar surface area (TPSA) is 87.7 Å². The highest BCUT2D eigenvalue weighted by Gasteiger charge is 2.28. The number of carbonyl (C=O) groups is 1. The third kappa shape index (κ3) is 5.00. The number of anilines is 2. The fraction of sp³-hybridized carbons (Fsp3) is 0.409. The summed E-state index contributed by atoms with van der Waals surface area (Å²) in [6.45, 7) is 8.96. The molecule has 2 aromatic rings. The number of sulfonamides is 1. The minimum absolute atomic E-state index is 0.206. The van der Waals surface area contributed by atoms with Crippen molar-refractivity contribution in [3.63, 3.8) is 0 Å². The lowest BCUT2D eigenvalue weighted by Gasteiger charge is -2.27. The molecule has 0 saturated carbocycles. The van der Waals surface area contributed by atoms with Gasteiger partial charge >= 0.3 is 0 Å². The molecule has 0 unspecified atom stereocenters. The molecular weight excluding hydrogens is 402 g/mol. The van der Waals surface area contributed by atoms with Crippen molar-refractivity contribution in [3.8, 4) is 0 Å². The Morgan fingerprint density at radius 1 is 1.03 bits per heavy atom. The van der Waals surface area contributed by atoms with Crippen LogP contribution < -0.4 is 10.6 Å². The van der Waals surface area contributed by atoms with Crippen LogP contribution in [0.5, 0.6) is 0 Å². The van der Waals surface area contributed by atoms with Gasteiger partial charge in [0.1, 0.15) is 6.04 Å². The van der Waals surface area contributed by atoms with Crippen molar-refractivity contribution < 1.29 is 17.9 Å². The molecule has 0 radical (unpaired) electrons. The number of ether oxygens (including phenoxy) is 1. The van der Waals surface area contributed by atoms with E-state index in [1.165, 1.54) is 10.4 Å². The Labute approximate surface area is 178 Å². The van der Waals surface area contributed by atoms with E-state index in [0.717, 1.165) is 16.8 Å². The number of rotatable bonds is 6. The largest absolute Gasteiger partial charge is 0.379 e. The van der Waals surface area contributed by atoms with Crippen molar-refractivity contribution in [2.24, 2.45) is 0 Å². The predicted octanol–water partition coefficient (Wildman–Crippen LogP) is 3.07. The fourth-order valence-electron chi connectivity index (χ4n) is 3.41. The van der Waals surface area contributed by atoms with E-state index >= 15 is 0 Å². The van der Waals surface area contributed by atoms with Crippen molar-refractivity contribution in [2.45, 2.75) is 38.6 Å². The molecule has 2 aromatic carbocycles. The standard InChI is InChI=1S/C22H29N3O4S/c1-15-5-8-20(17(3)13-15)23-18(4)22(26)24-19-7-6-16(2)21(14-19)30(27,28)25-9-11-29-12-10-25/h5-8,13-14,18,23H,9-12H2,1-4H3,(H,24,26)/t18-/m0/s1. The highest BCUT2D eigenvalue weighted by atomic mass is 32.2. The molecule has 7 nitrogen and oxygen atoms in total. The van der Waals surface area contributed by atoms with Gasteiger partial charge in [0.15, 0.2) is 0 Å². The summed E-state index contributed by atoms with van der Waals surface area (Å²) in [5, 5.41) is 6.04. The van der Waals surface area contributed by atoms with E-state index in [1.807, 2.05) is 26.0 Å². The zero-order valence-corrected chi connectivity index (χ0v) is 18.7. The molecule has 2 N–H and O–H groups in total. The minimum Gasteiger partial charge on any atom is -0.379 e. The van der Waals surface area contributed by atoms with Crippen molar-refractivity contribution in [1.82, 2.24) is 4.31 Å². The number of amides is 1. The monoisotopic (exact) mass is 431 g/mol. The Hall–Kier alpha value is -2.42. The maximum Gasteiger partial charge on any atom is 0.246 e. The predicted molar refractivity (Wildman–Crippen MR) is 118 cm³/mol. The van der Waals surface area contributed by atoms with Gasteiger partial charge in [0.25, 0.3) is 0 Å².